The average molecular weight is 213 g/mol. The maximum atomic E-state index is 9.30. The summed E-state index contributed by atoms with van der Waals surface area (Å²) < 4.78 is 10.8. The van der Waals surface area contributed by atoms with Crippen LogP contribution < -0.4 is 0 Å². The summed E-state index contributed by atoms with van der Waals surface area (Å²) in [5, 5.41) is 18.3. The van der Waals surface area contributed by atoms with Crippen LogP contribution in [0.2, 0.25) is 0 Å². The fourth-order valence-electron chi connectivity index (χ4n) is 1.61. The molecule has 1 heterocycles. The van der Waals surface area contributed by atoms with Crippen LogP contribution >= 0.6 is 0 Å². The summed E-state index contributed by atoms with van der Waals surface area (Å²) in [6.45, 7) is 4.86. The van der Waals surface area contributed by atoms with Gasteiger partial charge in [-0.25, -0.2) is 0 Å². The molecule has 1 N–H and O–H groups in total. The van der Waals surface area contributed by atoms with Crippen molar-refractivity contribution in [3.63, 3.8) is 0 Å². The minimum Gasteiger partial charge on any atom is -0.391 e. The van der Waals surface area contributed by atoms with Crippen molar-refractivity contribution in [3.8, 4) is 6.07 Å². The van der Waals surface area contributed by atoms with Crippen molar-refractivity contribution in [1.82, 2.24) is 0 Å². The molecular weight excluding hydrogens is 194 g/mol. The van der Waals surface area contributed by atoms with Crippen molar-refractivity contribution >= 4 is 0 Å². The lowest BCUT2D eigenvalue weighted by Crippen LogP contribution is -2.34. The van der Waals surface area contributed by atoms with Crippen molar-refractivity contribution in [2.75, 3.05) is 13.2 Å². The Morgan fingerprint density at radius 2 is 2.00 bits per heavy atom. The van der Waals surface area contributed by atoms with Gasteiger partial charge in [-0.3, -0.25) is 0 Å². The lowest BCUT2D eigenvalue weighted by Gasteiger charge is -2.28. The van der Waals surface area contributed by atoms with Crippen LogP contribution in [0.3, 0.4) is 0 Å². The van der Waals surface area contributed by atoms with Crippen LogP contribution in [0, 0.1) is 17.2 Å². The van der Waals surface area contributed by atoms with Gasteiger partial charge < -0.3 is 14.6 Å². The number of rotatable bonds is 4. The van der Waals surface area contributed by atoms with Crippen LogP contribution in [0.5, 0.6) is 0 Å². The molecule has 86 valence electrons. The Bertz CT molecular complexity index is 218. The Morgan fingerprint density at radius 3 is 2.47 bits per heavy atom. The Morgan fingerprint density at radius 1 is 1.40 bits per heavy atom. The summed E-state index contributed by atoms with van der Waals surface area (Å²) in [7, 11) is 0. The molecule has 1 fully saturated rings. The van der Waals surface area contributed by atoms with E-state index in [9.17, 15) is 5.11 Å². The van der Waals surface area contributed by atoms with Crippen LogP contribution in [0.1, 0.15) is 26.7 Å². The van der Waals surface area contributed by atoms with Gasteiger partial charge in [-0.05, 0) is 26.7 Å². The molecule has 0 aromatic rings. The number of hydrogen-bond acceptors (Lipinski definition) is 4. The maximum Gasteiger partial charge on any atom is 0.147 e. The molecule has 0 bridgehead atoms. The predicted octanol–water partition coefficient (Wildman–Crippen LogP) is 1.09. The zero-order valence-electron chi connectivity index (χ0n) is 9.35. The van der Waals surface area contributed by atoms with E-state index in [2.05, 4.69) is 6.07 Å². The first-order valence-corrected chi connectivity index (χ1v) is 5.46. The fourth-order valence-corrected chi connectivity index (χ4v) is 1.61. The molecule has 4 nitrogen and oxygen atoms in total. The molecule has 0 aliphatic carbocycles. The second kappa shape index (κ2) is 6.06. The maximum absolute atomic E-state index is 9.30. The Kier molecular flexibility index (Phi) is 5.03. The highest BCUT2D eigenvalue weighted by Gasteiger charge is 2.27. The first-order valence-electron chi connectivity index (χ1n) is 5.46. The third-order valence-electron chi connectivity index (χ3n) is 2.86. The molecule has 0 saturated carbocycles. The molecule has 3 unspecified atom stereocenters. The van der Waals surface area contributed by atoms with Gasteiger partial charge in [0, 0.05) is 19.1 Å². The Balaban J connectivity index is 2.44. The number of hydrogen-bond donors (Lipinski definition) is 1. The monoisotopic (exact) mass is 213 g/mol. The lowest BCUT2D eigenvalue weighted by atomic mass is 9.94. The molecule has 1 aliphatic rings. The van der Waals surface area contributed by atoms with Crippen molar-refractivity contribution in [2.24, 2.45) is 5.92 Å². The minimum absolute atomic E-state index is 0.241. The summed E-state index contributed by atoms with van der Waals surface area (Å²) in [6.07, 6.45) is 0.479. The van der Waals surface area contributed by atoms with Crippen molar-refractivity contribution in [1.29, 1.82) is 5.26 Å². The van der Waals surface area contributed by atoms with E-state index in [1.807, 2.05) is 0 Å². The number of ether oxygens (including phenoxy) is 2. The molecule has 15 heavy (non-hydrogen) atoms. The molecule has 0 radical (unpaired) electrons. The zero-order chi connectivity index (χ0) is 11.3. The van der Waals surface area contributed by atoms with E-state index in [1.54, 1.807) is 13.8 Å². The summed E-state index contributed by atoms with van der Waals surface area (Å²) in [5.74, 6) is 0.241. The zero-order valence-corrected chi connectivity index (χ0v) is 9.35. The summed E-state index contributed by atoms with van der Waals surface area (Å²) in [6, 6.07) is 2.17. The number of nitriles is 1. The standard InChI is InChI=1S/C11H19NO3/c1-8(13)9(2)15-11(7-12)10-3-5-14-6-4-10/h8-11,13H,3-6H2,1-2H3. The van der Waals surface area contributed by atoms with Gasteiger partial charge in [0.05, 0.1) is 18.3 Å². The highest BCUT2D eigenvalue weighted by molar-refractivity contribution is 4.91. The summed E-state index contributed by atoms with van der Waals surface area (Å²) >= 11 is 0. The molecule has 0 aromatic heterocycles. The largest absolute Gasteiger partial charge is 0.391 e. The van der Waals surface area contributed by atoms with Crippen molar-refractivity contribution < 1.29 is 14.6 Å². The van der Waals surface area contributed by atoms with Crippen LogP contribution in [-0.2, 0) is 9.47 Å². The number of aliphatic hydroxyl groups is 1. The van der Waals surface area contributed by atoms with Crippen molar-refractivity contribution in [3.05, 3.63) is 0 Å². The van der Waals surface area contributed by atoms with E-state index < -0.39 is 12.2 Å². The third-order valence-corrected chi connectivity index (χ3v) is 2.86. The topological polar surface area (TPSA) is 62.5 Å². The van der Waals surface area contributed by atoms with Crippen LogP contribution in [0.25, 0.3) is 0 Å². The molecular formula is C11H19NO3. The number of aliphatic hydroxyl groups excluding tert-OH is 1. The van der Waals surface area contributed by atoms with E-state index in [1.165, 1.54) is 0 Å². The van der Waals surface area contributed by atoms with E-state index in [-0.39, 0.29) is 12.0 Å². The fraction of sp³-hybridized carbons (Fsp3) is 0.909. The molecule has 4 heteroatoms. The Labute approximate surface area is 90.8 Å². The minimum atomic E-state index is -0.541. The third kappa shape index (κ3) is 3.78. The van der Waals surface area contributed by atoms with Gasteiger partial charge in [-0.15, -0.1) is 0 Å². The molecule has 0 spiro atoms. The molecule has 0 amide bonds. The Hall–Kier alpha value is -0.630. The van der Waals surface area contributed by atoms with E-state index in [0.29, 0.717) is 13.2 Å². The van der Waals surface area contributed by atoms with Gasteiger partial charge in [0.25, 0.3) is 0 Å². The van der Waals surface area contributed by atoms with Crippen LogP contribution in [-0.4, -0.2) is 36.6 Å². The van der Waals surface area contributed by atoms with Crippen LogP contribution in [0.4, 0.5) is 0 Å². The molecule has 3 atom stereocenters. The smallest absolute Gasteiger partial charge is 0.147 e. The summed E-state index contributed by atoms with van der Waals surface area (Å²) in [4.78, 5) is 0. The summed E-state index contributed by atoms with van der Waals surface area (Å²) in [5.41, 5.74) is 0. The first kappa shape index (κ1) is 12.4. The van der Waals surface area contributed by atoms with Crippen LogP contribution in [0.15, 0.2) is 0 Å². The molecule has 1 rings (SSSR count). The first-order chi connectivity index (χ1) is 7.15. The van der Waals surface area contributed by atoms with Gasteiger partial charge in [-0.2, -0.15) is 5.26 Å². The second-order valence-electron chi connectivity index (χ2n) is 4.08. The lowest BCUT2D eigenvalue weighted by molar-refractivity contribution is -0.0767. The van der Waals surface area contributed by atoms with Gasteiger partial charge in [0.1, 0.15) is 6.10 Å². The molecule has 1 aliphatic heterocycles. The van der Waals surface area contributed by atoms with E-state index in [0.717, 1.165) is 12.8 Å². The van der Waals surface area contributed by atoms with Gasteiger partial charge in [0.15, 0.2) is 0 Å². The average Bonchev–Trinajstić information content (AvgIpc) is 2.26. The van der Waals surface area contributed by atoms with E-state index in [4.69, 9.17) is 14.7 Å². The van der Waals surface area contributed by atoms with Crippen molar-refractivity contribution in [2.45, 2.75) is 45.0 Å². The van der Waals surface area contributed by atoms with Gasteiger partial charge in [-0.1, -0.05) is 0 Å². The highest BCUT2D eigenvalue weighted by Crippen LogP contribution is 2.22. The van der Waals surface area contributed by atoms with E-state index >= 15 is 0 Å². The normalized spacial score (nSPS) is 24.1. The molecule has 1 saturated heterocycles. The van der Waals surface area contributed by atoms with Gasteiger partial charge in [0.2, 0.25) is 0 Å². The SMILES string of the molecule is CC(O)C(C)OC(C#N)C1CCOCC1. The predicted molar refractivity (Wildman–Crippen MR) is 55.2 cm³/mol. The van der Waals surface area contributed by atoms with Gasteiger partial charge >= 0.3 is 0 Å². The highest BCUT2D eigenvalue weighted by atomic mass is 16.5. The number of nitrogens with zero attached hydrogens (tertiary/aromatic N) is 1. The molecule has 0 aromatic carbocycles. The second-order valence-corrected chi connectivity index (χ2v) is 4.08. The quantitative estimate of drug-likeness (QED) is 0.759.